The molecule has 0 radical (unpaired) electrons. The molecule has 3 rings (SSSR count). The molecule has 0 spiro atoms. The molecule has 2 saturated heterocycles. The molecule has 0 bridgehead atoms. The minimum Gasteiger partial charge on any atom is -0.387 e. The van der Waals surface area contributed by atoms with Gasteiger partial charge in [0.2, 0.25) is 0 Å². The van der Waals surface area contributed by atoms with Gasteiger partial charge in [0.05, 0.1) is 6.61 Å². The number of hydrogen-bond acceptors (Lipinski definition) is 6. The molecule has 2 aliphatic rings. The Bertz CT molecular complexity index is 422. The summed E-state index contributed by atoms with van der Waals surface area (Å²) >= 11 is 0. The van der Waals surface area contributed by atoms with Crippen molar-refractivity contribution < 1.29 is 29.5 Å². The van der Waals surface area contributed by atoms with Crippen molar-refractivity contribution >= 4 is 0 Å². The molecule has 0 aliphatic carbocycles. The zero-order valence-corrected chi connectivity index (χ0v) is 10.1. The van der Waals surface area contributed by atoms with E-state index in [1.165, 1.54) is 0 Å². The first kappa shape index (κ1) is 13.0. The van der Waals surface area contributed by atoms with Crippen LogP contribution < -0.4 is 0 Å². The Balaban J connectivity index is 1.75. The van der Waals surface area contributed by atoms with E-state index in [0.29, 0.717) is 0 Å². The summed E-state index contributed by atoms with van der Waals surface area (Å²) in [7, 11) is 0. The molecule has 2 unspecified atom stereocenters. The highest BCUT2D eigenvalue weighted by Gasteiger charge is 2.48. The Hall–Kier alpha value is -1.02. The molecular weight excluding hydrogens is 252 g/mol. The number of ether oxygens (including phenoxy) is 3. The molecule has 6 nitrogen and oxygen atoms in total. The first-order valence-electron chi connectivity index (χ1n) is 6.18. The van der Waals surface area contributed by atoms with E-state index in [-0.39, 0.29) is 6.61 Å². The van der Waals surface area contributed by atoms with Crippen LogP contribution in [-0.4, -0.2) is 52.6 Å². The van der Waals surface area contributed by atoms with Gasteiger partial charge in [-0.1, -0.05) is 30.3 Å². The largest absolute Gasteiger partial charge is 0.387 e. The van der Waals surface area contributed by atoms with Gasteiger partial charge in [0, 0.05) is 5.56 Å². The van der Waals surface area contributed by atoms with Crippen LogP contribution in [0.2, 0.25) is 0 Å². The molecule has 6 atom stereocenters. The predicted octanol–water partition coefficient (Wildman–Crippen LogP) is -0.460. The fourth-order valence-electron chi connectivity index (χ4n) is 2.37. The minimum absolute atomic E-state index is 0.186. The van der Waals surface area contributed by atoms with Crippen molar-refractivity contribution in [2.45, 2.75) is 37.0 Å². The zero-order chi connectivity index (χ0) is 13.4. The summed E-state index contributed by atoms with van der Waals surface area (Å²) in [5, 5.41) is 29.0. The van der Waals surface area contributed by atoms with Gasteiger partial charge in [0.1, 0.15) is 24.4 Å². The summed E-state index contributed by atoms with van der Waals surface area (Å²) < 4.78 is 16.3. The van der Waals surface area contributed by atoms with Crippen molar-refractivity contribution in [3.63, 3.8) is 0 Å². The molecule has 19 heavy (non-hydrogen) atoms. The number of fused-ring (bicyclic) bond motifs is 1. The van der Waals surface area contributed by atoms with Gasteiger partial charge in [0.25, 0.3) is 0 Å². The number of aliphatic hydroxyl groups is 3. The van der Waals surface area contributed by atoms with E-state index in [9.17, 15) is 15.3 Å². The summed E-state index contributed by atoms with van der Waals surface area (Å²) in [5.74, 6) is 0. The lowest BCUT2D eigenvalue weighted by atomic mass is 9.98. The molecule has 1 aromatic carbocycles. The summed E-state index contributed by atoms with van der Waals surface area (Å²) in [6.45, 7) is 0.186. The van der Waals surface area contributed by atoms with E-state index in [4.69, 9.17) is 14.2 Å². The van der Waals surface area contributed by atoms with E-state index < -0.39 is 37.0 Å². The van der Waals surface area contributed by atoms with Crippen LogP contribution in [0, 0.1) is 0 Å². The monoisotopic (exact) mass is 268 g/mol. The molecule has 2 fully saturated rings. The molecule has 0 aromatic heterocycles. The highest BCUT2D eigenvalue weighted by molar-refractivity contribution is 5.16. The maximum absolute atomic E-state index is 9.94. The van der Waals surface area contributed by atoms with Gasteiger partial charge in [-0.25, -0.2) is 0 Å². The molecular formula is C13H16O6. The molecule has 0 saturated carbocycles. The van der Waals surface area contributed by atoms with Crippen LogP contribution in [0.5, 0.6) is 0 Å². The Morgan fingerprint density at radius 1 is 0.947 bits per heavy atom. The lowest BCUT2D eigenvalue weighted by Gasteiger charge is -2.45. The molecule has 1 aromatic rings. The maximum Gasteiger partial charge on any atom is 0.184 e. The Morgan fingerprint density at radius 2 is 1.68 bits per heavy atom. The van der Waals surface area contributed by atoms with E-state index in [1.54, 1.807) is 0 Å². The number of hydrogen-bond donors (Lipinski definition) is 3. The van der Waals surface area contributed by atoms with Gasteiger partial charge in [-0.15, -0.1) is 0 Å². The van der Waals surface area contributed by atoms with E-state index in [2.05, 4.69) is 0 Å². The lowest BCUT2D eigenvalue weighted by molar-refractivity contribution is -0.354. The minimum atomic E-state index is -1.42. The summed E-state index contributed by atoms with van der Waals surface area (Å²) in [4.78, 5) is 0. The number of rotatable bonds is 1. The summed E-state index contributed by atoms with van der Waals surface area (Å²) in [5.41, 5.74) is 0.828. The van der Waals surface area contributed by atoms with Crippen LogP contribution in [-0.2, 0) is 14.2 Å². The summed E-state index contributed by atoms with van der Waals surface area (Å²) in [6.07, 6.45) is -5.93. The van der Waals surface area contributed by atoms with E-state index >= 15 is 0 Å². The van der Waals surface area contributed by atoms with Crippen LogP contribution in [0.4, 0.5) is 0 Å². The van der Waals surface area contributed by atoms with Crippen LogP contribution in [0.3, 0.4) is 0 Å². The van der Waals surface area contributed by atoms with Gasteiger partial charge < -0.3 is 29.5 Å². The average Bonchev–Trinajstić information content (AvgIpc) is 2.46. The van der Waals surface area contributed by atoms with Gasteiger partial charge in [0.15, 0.2) is 12.6 Å². The second-order valence-electron chi connectivity index (χ2n) is 4.72. The standard InChI is InChI=1S/C13H16O6/c14-9-10(15)12(16)18-8-6-17-13(19-11(8)9)7-4-2-1-3-5-7/h1-5,8-16H,6H2/t8?,9-,10-,11?,12+,13-/m1/s1. The second kappa shape index (κ2) is 5.16. The maximum atomic E-state index is 9.94. The first-order chi connectivity index (χ1) is 9.16. The third-order valence-corrected chi connectivity index (χ3v) is 3.42. The number of aliphatic hydroxyl groups excluding tert-OH is 3. The van der Waals surface area contributed by atoms with E-state index in [0.717, 1.165) is 5.56 Å². The van der Waals surface area contributed by atoms with E-state index in [1.807, 2.05) is 30.3 Å². The van der Waals surface area contributed by atoms with Gasteiger partial charge in [-0.2, -0.15) is 0 Å². The third kappa shape index (κ3) is 2.38. The quantitative estimate of drug-likeness (QED) is 0.639. The fraction of sp³-hybridized carbons (Fsp3) is 0.538. The van der Waals surface area contributed by atoms with Crippen LogP contribution in [0.15, 0.2) is 30.3 Å². The Kier molecular flexibility index (Phi) is 3.53. The third-order valence-electron chi connectivity index (χ3n) is 3.42. The van der Waals surface area contributed by atoms with Crippen LogP contribution in [0.25, 0.3) is 0 Å². The van der Waals surface area contributed by atoms with Crippen LogP contribution in [0.1, 0.15) is 11.9 Å². The fourth-order valence-corrected chi connectivity index (χ4v) is 2.37. The average molecular weight is 268 g/mol. The molecule has 2 heterocycles. The van der Waals surface area contributed by atoms with Crippen molar-refractivity contribution in [3.05, 3.63) is 35.9 Å². The molecule has 3 N–H and O–H groups in total. The van der Waals surface area contributed by atoms with Gasteiger partial charge in [-0.05, 0) is 0 Å². The molecule has 104 valence electrons. The molecule has 2 aliphatic heterocycles. The van der Waals surface area contributed by atoms with Gasteiger partial charge in [-0.3, -0.25) is 0 Å². The highest BCUT2D eigenvalue weighted by atomic mass is 16.7. The van der Waals surface area contributed by atoms with Crippen molar-refractivity contribution in [2.24, 2.45) is 0 Å². The van der Waals surface area contributed by atoms with Crippen LogP contribution >= 0.6 is 0 Å². The van der Waals surface area contributed by atoms with Gasteiger partial charge >= 0.3 is 0 Å². The summed E-state index contributed by atoms with van der Waals surface area (Å²) in [6, 6.07) is 9.31. The Morgan fingerprint density at radius 3 is 2.42 bits per heavy atom. The predicted molar refractivity (Wildman–Crippen MR) is 62.9 cm³/mol. The zero-order valence-electron chi connectivity index (χ0n) is 10.1. The normalized spacial score (nSPS) is 42.7. The Labute approximate surface area is 110 Å². The topological polar surface area (TPSA) is 88.4 Å². The van der Waals surface area contributed by atoms with Crippen molar-refractivity contribution in [1.82, 2.24) is 0 Å². The van der Waals surface area contributed by atoms with Crippen molar-refractivity contribution in [3.8, 4) is 0 Å². The SMILES string of the molecule is O[C@H]1[C@@H](O)OC2CO[C@@H](c3ccccc3)OC2[C@@H]1O. The molecule has 0 amide bonds. The molecule has 6 heteroatoms. The van der Waals surface area contributed by atoms with Crippen molar-refractivity contribution in [1.29, 1.82) is 0 Å². The number of benzene rings is 1. The highest BCUT2D eigenvalue weighted by Crippen LogP contribution is 2.33. The van der Waals surface area contributed by atoms with Crippen molar-refractivity contribution in [2.75, 3.05) is 6.61 Å². The smallest absolute Gasteiger partial charge is 0.184 e. The second-order valence-corrected chi connectivity index (χ2v) is 4.72. The lowest BCUT2D eigenvalue weighted by Crippen LogP contribution is -2.61. The first-order valence-corrected chi connectivity index (χ1v) is 6.18.